The quantitative estimate of drug-likeness (QED) is 0.522. The van der Waals surface area contributed by atoms with Crippen molar-refractivity contribution in [1.29, 1.82) is 0 Å². The summed E-state index contributed by atoms with van der Waals surface area (Å²) in [6.07, 6.45) is 0.0658. The van der Waals surface area contributed by atoms with E-state index in [0.29, 0.717) is 17.2 Å². The summed E-state index contributed by atoms with van der Waals surface area (Å²) >= 11 is 0. The molecular weight excluding hydrogens is 432 g/mol. The number of carbonyl (C=O) groups excluding carboxylic acids is 3. The molecule has 1 atom stereocenters. The average molecular weight is 459 g/mol. The van der Waals surface area contributed by atoms with Gasteiger partial charge in [0.2, 0.25) is 5.91 Å². The largest absolute Gasteiger partial charge is 0.457 e. The van der Waals surface area contributed by atoms with E-state index in [2.05, 4.69) is 5.32 Å². The molecule has 0 saturated carbocycles. The second-order valence-corrected chi connectivity index (χ2v) is 8.35. The Kier molecular flexibility index (Phi) is 6.92. The van der Waals surface area contributed by atoms with Gasteiger partial charge in [0.15, 0.2) is 6.61 Å². The van der Waals surface area contributed by atoms with Gasteiger partial charge in [-0.15, -0.1) is 0 Å². The van der Waals surface area contributed by atoms with Gasteiger partial charge in [0, 0.05) is 24.3 Å². The molecule has 4 rings (SSSR count). The maximum absolute atomic E-state index is 12.5. The van der Waals surface area contributed by atoms with Crippen LogP contribution in [0.25, 0.3) is 0 Å². The highest BCUT2D eigenvalue weighted by molar-refractivity contribution is 6.00. The molecule has 174 valence electrons. The van der Waals surface area contributed by atoms with E-state index < -0.39 is 24.4 Å². The number of nitrogens with one attached hydrogen (secondary N) is 1. The van der Waals surface area contributed by atoms with Crippen LogP contribution in [0.5, 0.6) is 11.5 Å². The van der Waals surface area contributed by atoms with Gasteiger partial charge < -0.3 is 19.7 Å². The molecule has 7 heteroatoms. The molecule has 0 aliphatic carbocycles. The molecule has 1 aliphatic heterocycles. The summed E-state index contributed by atoms with van der Waals surface area (Å²) in [5, 5.41) is 2.69. The van der Waals surface area contributed by atoms with E-state index in [1.54, 1.807) is 29.2 Å². The monoisotopic (exact) mass is 458 g/mol. The van der Waals surface area contributed by atoms with Gasteiger partial charge in [-0.2, -0.15) is 0 Å². The Hall–Kier alpha value is -4.13. The fourth-order valence-electron chi connectivity index (χ4n) is 3.90. The first-order valence-corrected chi connectivity index (χ1v) is 11.1. The lowest BCUT2D eigenvalue weighted by Crippen LogP contribution is -2.28. The van der Waals surface area contributed by atoms with Crippen LogP contribution in [-0.2, 0) is 19.1 Å². The van der Waals surface area contributed by atoms with Crippen LogP contribution in [0.4, 0.5) is 11.4 Å². The SMILES string of the molecule is Cc1cc(C)cc(N2C[C@@H](C(=O)OCC(=O)Nc3ccc(Oc4ccccc4)cc3)CC2=O)c1. The van der Waals surface area contributed by atoms with Crippen molar-refractivity contribution in [3.8, 4) is 11.5 Å². The Bertz CT molecular complexity index is 1170. The zero-order valence-electron chi connectivity index (χ0n) is 19.1. The van der Waals surface area contributed by atoms with Crippen LogP contribution in [0.15, 0.2) is 72.8 Å². The van der Waals surface area contributed by atoms with Gasteiger partial charge in [-0.1, -0.05) is 24.3 Å². The molecule has 0 radical (unpaired) electrons. The number of carbonyl (C=O) groups is 3. The smallest absolute Gasteiger partial charge is 0.311 e. The Morgan fingerprint density at radius 2 is 1.59 bits per heavy atom. The molecule has 1 heterocycles. The second kappa shape index (κ2) is 10.2. The fraction of sp³-hybridized carbons (Fsp3) is 0.222. The summed E-state index contributed by atoms with van der Waals surface area (Å²) < 4.78 is 10.9. The molecule has 0 aromatic heterocycles. The van der Waals surface area contributed by atoms with Gasteiger partial charge >= 0.3 is 5.97 Å². The molecule has 2 amide bonds. The van der Waals surface area contributed by atoms with Crippen molar-refractivity contribution in [2.45, 2.75) is 20.3 Å². The highest BCUT2D eigenvalue weighted by Gasteiger charge is 2.36. The summed E-state index contributed by atoms with van der Waals surface area (Å²) in [6, 6.07) is 22.1. The molecule has 0 unspecified atom stereocenters. The zero-order valence-corrected chi connectivity index (χ0v) is 19.1. The molecule has 0 spiro atoms. The van der Waals surface area contributed by atoms with Gasteiger partial charge in [-0.05, 0) is 73.5 Å². The van der Waals surface area contributed by atoms with Crippen molar-refractivity contribution in [3.63, 3.8) is 0 Å². The van der Waals surface area contributed by atoms with Gasteiger partial charge in [-0.3, -0.25) is 14.4 Å². The Morgan fingerprint density at radius 1 is 0.941 bits per heavy atom. The van der Waals surface area contributed by atoms with Crippen LogP contribution in [0, 0.1) is 19.8 Å². The first-order valence-electron chi connectivity index (χ1n) is 11.1. The molecule has 34 heavy (non-hydrogen) atoms. The topological polar surface area (TPSA) is 84.9 Å². The summed E-state index contributed by atoms with van der Waals surface area (Å²) in [5.74, 6) is -0.394. The lowest BCUT2D eigenvalue weighted by atomic mass is 10.1. The minimum Gasteiger partial charge on any atom is -0.457 e. The van der Waals surface area contributed by atoms with Crippen molar-refractivity contribution in [2.75, 3.05) is 23.4 Å². The summed E-state index contributed by atoms with van der Waals surface area (Å²) in [6.45, 7) is 3.75. The first-order chi connectivity index (χ1) is 16.4. The Balaban J connectivity index is 1.26. The van der Waals surface area contributed by atoms with Gasteiger partial charge in [-0.25, -0.2) is 0 Å². The average Bonchev–Trinajstić information content (AvgIpc) is 3.20. The van der Waals surface area contributed by atoms with E-state index in [9.17, 15) is 14.4 Å². The number of nitrogens with zero attached hydrogens (tertiary/aromatic N) is 1. The van der Waals surface area contributed by atoms with Crippen LogP contribution >= 0.6 is 0 Å². The molecule has 0 bridgehead atoms. The summed E-state index contributed by atoms with van der Waals surface area (Å²) in [4.78, 5) is 38.8. The van der Waals surface area contributed by atoms with E-state index in [4.69, 9.17) is 9.47 Å². The van der Waals surface area contributed by atoms with E-state index in [1.165, 1.54) is 0 Å². The maximum atomic E-state index is 12.5. The van der Waals surface area contributed by atoms with Crippen molar-refractivity contribution in [2.24, 2.45) is 5.92 Å². The summed E-state index contributed by atoms with van der Waals surface area (Å²) in [5.41, 5.74) is 3.42. The molecule has 1 N–H and O–H groups in total. The molecule has 1 aliphatic rings. The lowest BCUT2D eigenvalue weighted by Gasteiger charge is -2.18. The zero-order chi connectivity index (χ0) is 24.1. The minimum absolute atomic E-state index is 0.0658. The number of aryl methyl sites for hydroxylation is 2. The number of hydrogen-bond donors (Lipinski definition) is 1. The van der Waals surface area contributed by atoms with E-state index >= 15 is 0 Å². The first kappa shape index (κ1) is 23.0. The highest BCUT2D eigenvalue weighted by Crippen LogP contribution is 2.28. The van der Waals surface area contributed by atoms with Gasteiger partial charge in [0.1, 0.15) is 11.5 Å². The van der Waals surface area contributed by atoms with Crippen molar-refractivity contribution < 1.29 is 23.9 Å². The molecule has 3 aromatic rings. The van der Waals surface area contributed by atoms with Crippen LogP contribution in [0.3, 0.4) is 0 Å². The molecule has 1 saturated heterocycles. The number of hydrogen-bond acceptors (Lipinski definition) is 5. The molecule has 3 aromatic carbocycles. The van der Waals surface area contributed by atoms with Crippen LogP contribution in [-0.4, -0.2) is 30.9 Å². The Morgan fingerprint density at radius 3 is 2.26 bits per heavy atom. The fourth-order valence-corrected chi connectivity index (χ4v) is 3.90. The number of esters is 1. The van der Waals surface area contributed by atoms with E-state index in [1.807, 2.05) is 62.4 Å². The Labute approximate surface area is 198 Å². The number of amides is 2. The number of anilines is 2. The van der Waals surface area contributed by atoms with Crippen LogP contribution in [0.1, 0.15) is 17.5 Å². The molecule has 1 fully saturated rings. The predicted molar refractivity (Wildman–Crippen MR) is 129 cm³/mol. The van der Waals surface area contributed by atoms with Crippen molar-refractivity contribution in [3.05, 3.63) is 83.9 Å². The summed E-state index contributed by atoms with van der Waals surface area (Å²) in [7, 11) is 0. The predicted octanol–water partition coefficient (Wildman–Crippen LogP) is 4.63. The van der Waals surface area contributed by atoms with Crippen LogP contribution < -0.4 is 15.0 Å². The van der Waals surface area contributed by atoms with Crippen LogP contribution in [0.2, 0.25) is 0 Å². The number of rotatable bonds is 7. The normalized spacial score (nSPS) is 15.2. The highest BCUT2D eigenvalue weighted by atomic mass is 16.5. The third-order valence-electron chi connectivity index (χ3n) is 5.44. The third-order valence-corrected chi connectivity index (χ3v) is 5.44. The third kappa shape index (κ3) is 5.81. The van der Waals surface area contributed by atoms with Crippen molar-refractivity contribution >= 4 is 29.2 Å². The van der Waals surface area contributed by atoms with E-state index in [0.717, 1.165) is 16.8 Å². The standard InChI is InChI=1S/C27H26N2O5/c1-18-12-19(2)14-22(13-18)29-16-20(15-26(29)31)27(32)33-17-25(30)28-21-8-10-24(11-9-21)34-23-6-4-3-5-7-23/h3-14,20H,15-17H2,1-2H3,(H,28,30)/t20-/m0/s1. The molecular formula is C27H26N2O5. The number of para-hydroxylation sites is 1. The minimum atomic E-state index is -0.601. The lowest BCUT2D eigenvalue weighted by molar-refractivity contribution is -0.151. The van der Waals surface area contributed by atoms with Gasteiger partial charge in [0.05, 0.1) is 5.92 Å². The number of ether oxygens (including phenoxy) is 2. The van der Waals surface area contributed by atoms with Crippen molar-refractivity contribution in [1.82, 2.24) is 0 Å². The number of benzene rings is 3. The van der Waals surface area contributed by atoms with E-state index in [-0.39, 0.29) is 18.9 Å². The van der Waals surface area contributed by atoms with Gasteiger partial charge in [0.25, 0.3) is 5.91 Å². The second-order valence-electron chi connectivity index (χ2n) is 8.35. The maximum Gasteiger partial charge on any atom is 0.311 e. The molecule has 7 nitrogen and oxygen atoms in total.